The van der Waals surface area contributed by atoms with E-state index in [4.69, 9.17) is 0 Å². The molecule has 45 heavy (non-hydrogen) atoms. The predicted octanol–water partition coefficient (Wildman–Crippen LogP) is 3.11. The van der Waals surface area contributed by atoms with Crippen molar-refractivity contribution in [1.29, 1.82) is 0 Å². The lowest BCUT2D eigenvalue weighted by Gasteiger charge is -2.16. The monoisotopic (exact) mass is 615 g/mol. The summed E-state index contributed by atoms with van der Waals surface area (Å²) in [4.78, 5) is 58.5. The molecule has 4 rings (SSSR count). The maximum absolute atomic E-state index is 13.2. The molecule has 0 saturated carbocycles. The van der Waals surface area contributed by atoms with Gasteiger partial charge in [0.1, 0.15) is 5.69 Å². The third kappa shape index (κ3) is 7.90. The lowest BCUT2D eigenvalue weighted by Crippen LogP contribution is -2.29. The molecule has 12 nitrogen and oxygen atoms in total. The second-order valence-electron chi connectivity index (χ2n) is 11.8. The van der Waals surface area contributed by atoms with Gasteiger partial charge in [-0.2, -0.15) is 0 Å². The van der Waals surface area contributed by atoms with Gasteiger partial charge in [-0.05, 0) is 42.6 Å². The number of imidazole rings is 1. The average Bonchev–Trinajstić information content (AvgIpc) is 3.72. The molecule has 0 spiro atoms. The van der Waals surface area contributed by atoms with Crippen LogP contribution in [0.15, 0.2) is 43.0 Å². The Bertz CT molecular complexity index is 1720. The van der Waals surface area contributed by atoms with Crippen LogP contribution in [-0.2, 0) is 47.5 Å². The molecular formula is C32H42BN7O5. The number of nitrogens with one attached hydrogen (secondary N) is 1. The Kier molecular flexibility index (Phi) is 10.3. The molecule has 2 N–H and O–H groups in total. The molecule has 4 aromatic rings. The number of Topliss-reactive ketones (excluding diaryl/α,β-unsaturated/α-hetero) is 3. The van der Waals surface area contributed by atoms with Crippen molar-refractivity contribution in [2.75, 3.05) is 18.8 Å². The maximum Gasteiger partial charge on any atom is 0.406 e. The summed E-state index contributed by atoms with van der Waals surface area (Å²) in [5, 5.41) is 12.4. The summed E-state index contributed by atoms with van der Waals surface area (Å²) in [6.07, 6.45) is 9.06. The molecular weight excluding hydrogens is 573 g/mol. The Morgan fingerprint density at radius 2 is 1.36 bits per heavy atom. The Hall–Kier alpha value is -4.65. The summed E-state index contributed by atoms with van der Waals surface area (Å²) < 4.78 is 6.75. The highest BCUT2D eigenvalue weighted by Crippen LogP contribution is 2.18. The van der Waals surface area contributed by atoms with Crippen molar-refractivity contribution < 1.29 is 24.2 Å². The number of rotatable bonds is 15. The van der Waals surface area contributed by atoms with Crippen LogP contribution >= 0.6 is 0 Å². The van der Waals surface area contributed by atoms with E-state index in [1.807, 2.05) is 0 Å². The fraction of sp³-hybridized carbons (Fsp3) is 0.406. The van der Waals surface area contributed by atoms with Crippen molar-refractivity contribution in [3.63, 3.8) is 0 Å². The molecule has 0 saturated heterocycles. The first-order valence-corrected chi connectivity index (χ1v) is 15.1. The van der Waals surface area contributed by atoms with Gasteiger partial charge in [-0.3, -0.25) is 19.2 Å². The summed E-state index contributed by atoms with van der Waals surface area (Å²) in [5.41, 5.74) is 3.97. The van der Waals surface area contributed by atoms with E-state index >= 15 is 0 Å². The molecule has 0 aliphatic heterocycles. The number of ketones is 3. The smallest absolute Gasteiger partial charge is 0.406 e. The van der Waals surface area contributed by atoms with E-state index in [1.54, 1.807) is 108 Å². The first-order chi connectivity index (χ1) is 21.3. The molecule has 0 aliphatic rings. The van der Waals surface area contributed by atoms with Crippen molar-refractivity contribution >= 4 is 36.0 Å². The molecule has 4 heterocycles. The van der Waals surface area contributed by atoms with E-state index in [-0.39, 0.29) is 48.3 Å². The Morgan fingerprint density at radius 3 is 2.00 bits per heavy atom. The minimum absolute atomic E-state index is 0.0128. The number of amides is 1. The normalized spacial score (nSPS) is 11.1. The molecule has 0 aromatic carbocycles. The van der Waals surface area contributed by atoms with E-state index < -0.39 is 7.05 Å². The van der Waals surface area contributed by atoms with Gasteiger partial charge in [-0.15, -0.1) is 0 Å². The fourth-order valence-corrected chi connectivity index (χ4v) is 5.47. The highest BCUT2D eigenvalue weighted by Gasteiger charge is 2.22. The lowest BCUT2D eigenvalue weighted by atomic mass is 9.89. The van der Waals surface area contributed by atoms with Crippen LogP contribution in [0.4, 0.5) is 5.69 Å². The van der Waals surface area contributed by atoms with Crippen molar-refractivity contribution in [3.05, 3.63) is 82.7 Å². The number of carbonyl (C=O) groups is 4. The highest BCUT2D eigenvalue weighted by molar-refractivity contribution is 6.52. The summed E-state index contributed by atoms with van der Waals surface area (Å²) in [6, 6.07) is 5.15. The van der Waals surface area contributed by atoms with Gasteiger partial charge in [0.15, 0.2) is 17.4 Å². The maximum atomic E-state index is 13.2. The predicted molar refractivity (Wildman–Crippen MR) is 173 cm³/mol. The largest absolute Gasteiger partial charge is 0.433 e. The number of hydrogen-bond donors (Lipinski definition) is 2. The van der Waals surface area contributed by atoms with Gasteiger partial charge in [0.2, 0.25) is 5.78 Å². The molecule has 0 fully saturated rings. The Balaban J connectivity index is 1.40. The van der Waals surface area contributed by atoms with E-state index in [2.05, 4.69) is 17.1 Å². The lowest BCUT2D eigenvalue weighted by molar-refractivity contribution is 0.0783. The van der Waals surface area contributed by atoms with Crippen molar-refractivity contribution in [2.45, 2.75) is 45.9 Å². The first-order valence-electron chi connectivity index (χ1n) is 15.1. The van der Waals surface area contributed by atoms with Crippen molar-refractivity contribution in [3.8, 4) is 0 Å². The van der Waals surface area contributed by atoms with Crippen LogP contribution in [0.2, 0.25) is 6.82 Å². The van der Waals surface area contributed by atoms with Gasteiger partial charge < -0.3 is 33.4 Å². The van der Waals surface area contributed by atoms with E-state index in [0.29, 0.717) is 40.6 Å². The summed E-state index contributed by atoms with van der Waals surface area (Å²) in [7, 11) is 8.05. The van der Waals surface area contributed by atoms with E-state index in [9.17, 15) is 24.2 Å². The third-order valence-electron chi connectivity index (χ3n) is 7.73. The molecule has 0 radical (unpaired) electrons. The number of aryl methyl sites for hydroxylation is 4. The van der Waals surface area contributed by atoms with Crippen LogP contribution in [0.3, 0.4) is 0 Å². The van der Waals surface area contributed by atoms with Crippen LogP contribution < -0.4 is 5.23 Å². The number of nitrogens with zero attached hydrogens (tertiary/aromatic N) is 6. The quantitative estimate of drug-likeness (QED) is 0.155. The summed E-state index contributed by atoms with van der Waals surface area (Å²) >= 11 is 0. The van der Waals surface area contributed by atoms with Crippen molar-refractivity contribution in [2.24, 2.45) is 28.2 Å². The first kappa shape index (κ1) is 33.3. The van der Waals surface area contributed by atoms with Crippen LogP contribution in [-0.4, -0.2) is 77.1 Å². The average molecular weight is 616 g/mol. The zero-order valence-electron chi connectivity index (χ0n) is 27.1. The Labute approximate surface area is 263 Å². The molecule has 0 atom stereocenters. The molecule has 4 aromatic heterocycles. The number of carbonyl (C=O) groups excluding carboxylic acids is 4. The summed E-state index contributed by atoms with van der Waals surface area (Å²) in [6.45, 7) is 4.35. The molecule has 0 bridgehead atoms. The zero-order chi connectivity index (χ0) is 33.0. The minimum atomic E-state index is -0.755. The van der Waals surface area contributed by atoms with Crippen LogP contribution in [0.1, 0.15) is 78.7 Å². The second-order valence-corrected chi connectivity index (χ2v) is 11.8. The molecule has 1 amide bonds. The van der Waals surface area contributed by atoms with Crippen LogP contribution in [0, 0.1) is 0 Å². The standard InChI is InChI=1S/C32H42BN7O5/c1-8-9-10-36(3)32(44)27-12-22(18-38(27)5)13-28(41)25-11-21(17-37(25)4)14-30(43)31-34-23(19-40(31)7)16-29(42)26-15-24(20-39(26)6)35-33(2)45/h11-12,15,17-20,35,45H,8-10,13-14,16H2,1-7H3. The van der Waals surface area contributed by atoms with Crippen LogP contribution in [0.5, 0.6) is 0 Å². The van der Waals surface area contributed by atoms with Gasteiger partial charge in [0, 0.05) is 85.1 Å². The van der Waals surface area contributed by atoms with Crippen molar-refractivity contribution in [1.82, 2.24) is 28.2 Å². The Morgan fingerprint density at radius 1 is 0.800 bits per heavy atom. The number of unbranched alkanes of at least 4 members (excludes halogenated alkanes) is 1. The number of hydrogen-bond acceptors (Lipinski definition) is 7. The fourth-order valence-electron chi connectivity index (χ4n) is 5.47. The molecule has 0 aliphatic carbocycles. The highest BCUT2D eigenvalue weighted by atomic mass is 16.2. The SMILES string of the molecule is CCCCN(C)C(=O)c1cc(CC(=O)c2cc(CC(=O)c3nc(CC(=O)c4cc(NB(C)O)cn4C)cn3C)cn2C)cn1C. The third-order valence-corrected chi connectivity index (χ3v) is 7.73. The second kappa shape index (κ2) is 14.0. The molecule has 238 valence electrons. The van der Waals surface area contributed by atoms with E-state index in [0.717, 1.165) is 18.4 Å². The minimum Gasteiger partial charge on any atom is -0.433 e. The van der Waals surface area contributed by atoms with Gasteiger partial charge >= 0.3 is 7.05 Å². The van der Waals surface area contributed by atoms with Crippen LogP contribution in [0.25, 0.3) is 0 Å². The van der Waals surface area contributed by atoms with Gasteiger partial charge in [-0.25, -0.2) is 4.98 Å². The van der Waals surface area contributed by atoms with E-state index in [1.165, 1.54) is 0 Å². The van der Waals surface area contributed by atoms with Gasteiger partial charge in [-0.1, -0.05) is 13.3 Å². The number of anilines is 1. The summed E-state index contributed by atoms with van der Waals surface area (Å²) in [5.74, 6) is -0.377. The van der Waals surface area contributed by atoms with Gasteiger partial charge in [0.25, 0.3) is 5.91 Å². The zero-order valence-corrected chi connectivity index (χ0v) is 27.1. The topological polar surface area (TPSA) is 136 Å². The molecule has 0 unspecified atom stereocenters. The number of aromatic nitrogens is 5. The van der Waals surface area contributed by atoms with Gasteiger partial charge in [0.05, 0.1) is 23.5 Å². The molecule has 13 heteroatoms.